The Kier molecular flexibility index (Phi) is 6.38. The van der Waals surface area contributed by atoms with Crippen LogP contribution in [0.2, 0.25) is 0 Å². The lowest BCUT2D eigenvalue weighted by molar-refractivity contribution is 0.0846. The van der Waals surface area contributed by atoms with Gasteiger partial charge >= 0.3 is 0 Å². The Morgan fingerprint density at radius 3 is 2.55 bits per heavy atom. The van der Waals surface area contributed by atoms with E-state index in [1.807, 2.05) is 31.2 Å². The standard InChI is InChI=1S/C28H26FN5O4/c1-17-2-5-22(37-17)15-36-23-12-19(29)13-24(14-23)38-21-6-3-20(4-7-21)34-27-26(31-16-32-28(27)30)25(33-34)18-8-10-35-11-9-18/h2-7,12-14,16,18H,8-11,15H2,1H3,(H2,30,31,32). The van der Waals surface area contributed by atoms with Gasteiger partial charge in [-0.2, -0.15) is 5.10 Å². The van der Waals surface area contributed by atoms with Gasteiger partial charge in [0.25, 0.3) is 0 Å². The van der Waals surface area contributed by atoms with Gasteiger partial charge in [0.2, 0.25) is 0 Å². The molecule has 38 heavy (non-hydrogen) atoms. The zero-order valence-electron chi connectivity index (χ0n) is 20.8. The van der Waals surface area contributed by atoms with Crippen molar-refractivity contribution in [3.05, 3.63) is 84.0 Å². The number of furan rings is 1. The number of aryl methyl sites for hydroxylation is 1. The fourth-order valence-corrected chi connectivity index (χ4v) is 4.61. The molecule has 0 radical (unpaired) electrons. The van der Waals surface area contributed by atoms with Gasteiger partial charge in [-0.3, -0.25) is 0 Å². The molecule has 2 N–H and O–H groups in total. The molecule has 0 atom stereocenters. The van der Waals surface area contributed by atoms with Gasteiger partial charge in [-0.05, 0) is 56.2 Å². The summed E-state index contributed by atoms with van der Waals surface area (Å²) in [6.45, 7) is 3.43. The first kappa shape index (κ1) is 23.9. The molecule has 4 heterocycles. The number of nitrogen functional groups attached to an aromatic ring is 1. The summed E-state index contributed by atoms with van der Waals surface area (Å²) in [5, 5.41) is 4.89. The number of fused-ring (bicyclic) bond motifs is 1. The lowest BCUT2D eigenvalue weighted by Gasteiger charge is -2.20. The van der Waals surface area contributed by atoms with E-state index in [-0.39, 0.29) is 12.5 Å². The van der Waals surface area contributed by atoms with E-state index in [4.69, 9.17) is 29.5 Å². The third kappa shape index (κ3) is 4.90. The van der Waals surface area contributed by atoms with Gasteiger partial charge in [0, 0.05) is 37.3 Å². The number of ether oxygens (including phenoxy) is 3. The molecule has 0 aliphatic carbocycles. The van der Waals surface area contributed by atoms with Crippen LogP contribution in [0.3, 0.4) is 0 Å². The Morgan fingerprint density at radius 1 is 1.00 bits per heavy atom. The van der Waals surface area contributed by atoms with E-state index >= 15 is 0 Å². The lowest BCUT2D eigenvalue weighted by atomic mass is 9.96. The molecule has 0 amide bonds. The predicted octanol–water partition coefficient (Wildman–Crippen LogP) is 5.70. The molecule has 1 fully saturated rings. The minimum absolute atomic E-state index is 0.186. The fraction of sp³-hybridized carbons (Fsp3) is 0.250. The maximum absolute atomic E-state index is 14.3. The van der Waals surface area contributed by atoms with E-state index in [0.717, 1.165) is 35.5 Å². The fourth-order valence-electron chi connectivity index (χ4n) is 4.61. The Bertz CT molecular complexity index is 1570. The van der Waals surface area contributed by atoms with Gasteiger partial charge < -0.3 is 24.4 Å². The quantitative estimate of drug-likeness (QED) is 0.294. The van der Waals surface area contributed by atoms with E-state index in [9.17, 15) is 4.39 Å². The minimum Gasteiger partial charge on any atom is -0.485 e. The third-order valence-corrected chi connectivity index (χ3v) is 6.46. The number of nitrogens with zero attached hydrogens (tertiary/aromatic N) is 4. The molecule has 0 bridgehead atoms. The second kappa shape index (κ2) is 10.1. The zero-order valence-corrected chi connectivity index (χ0v) is 20.8. The molecule has 2 aromatic carbocycles. The summed E-state index contributed by atoms with van der Waals surface area (Å²) >= 11 is 0. The number of nitrogens with two attached hydrogens (primary N) is 1. The van der Waals surface area contributed by atoms with Crippen LogP contribution in [0.4, 0.5) is 10.2 Å². The van der Waals surface area contributed by atoms with Crippen molar-refractivity contribution in [1.82, 2.24) is 19.7 Å². The lowest BCUT2D eigenvalue weighted by Crippen LogP contribution is -2.15. The van der Waals surface area contributed by atoms with Gasteiger partial charge in [0.05, 0.1) is 11.4 Å². The normalized spacial score (nSPS) is 14.2. The van der Waals surface area contributed by atoms with Crippen molar-refractivity contribution in [2.24, 2.45) is 0 Å². The van der Waals surface area contributed by atoms with E-state index < -0.39 is 5.82 Å². The predicted molar refractivity (Wildman–Crippen MR) is 138 cm³/mol. The molecule has 0 unspecified atom stereocenters. The average Bonchev–Trinajstić information content (AvgIpc) is 3.52. The second-order valence-corrected chi connectivity index (χ2v) is 9.16. The van der Waals surface area contributed by atoms with Gasteiger partial charge in [-0.1, -0.05) is 0 Å². The van der Waals surface area contributed by atoms with E-state index in [2.05, 4.69) is 9.97 Å². The highest BCUT2D eigenvalue weighted by Gasteiger charge is 2.25. The third-order valence-electron chi connectivity index (χ3n) is 6.46. The molecule has 1 aliphatic rings. The highest BCUT2D eigenvalue weighted by Crippen LogP contribution is 2.34. The largest absolute Gasteiger partial charge is 0.485 e. The van der Waals surface area contributed by atoms with Crippen molar-refractivity contribution in [3.63, 3.8) is 0 Å². The maximum atomic E-state index is 14.3. The van der Waals surface area contributed by atoms with Crippen molar-refractivity contribution in [2.45, 2.75) is 32.3 Å². The molecule has 3 aromatic heterocycles. The number of aromatic nitrogens is 4. The van der Waals surface area contributed by atoms with Crippen LogP contribution in [-0.2, 0) is 11.3 Å². The zero-order chi connectivity index (χ0) is 26.1. The Labute approximate surface area is 218 Å². The molecular formula is C28H26FN5O4. The average molecular weight is 516 g/mol. The summed E-state index contributed by atoms with van der Waals surface area (Å²) in [5.41, 5.74) is 9.34. The molecule has 9 nitrogen and oxygen atoms in total. The van der Waals surface area contributed by atoms with Crippen LogP contribution in [0.15, 0.2) is 65.3 Å². The highest BCUT2D eigenvalue weighted by molar-refractivity contribution is 5.88. The molecule has 5 aromatic rings. The Morgan fingerprint density at radius 2 is 1.79 bits per heavy atom. The molecule has 6 rings (SSSR count). The monoisotopic (exact) mass is 515 g/mol. The molecule has 0 spiro atoms. The first-order valence-electron chi connectivity index (χ1n) is 12.4. The van der Waals surface area contributed by atoms with Gasteiger partial charge in [0.15, 0.2) is 5.82 Å². The summed E-state index contributed by atoms with van der Waals surface area (Å²) in [5.74, 6) is 2.75. The van der Waals surface area contributed by atoms with Crippen LogP contribution in [0.25, 0.3) is 16.7 Å². The maximum Gasteiger partial charge on any atom is 0.153 e. The number of benzene rings is 2. The highest BCUT2D eigenvalue weighted by atomic mass is 19.1. The number of hydrogen-bond acceptors (Lipinski definition) is 8. The van der Waals surface area contributed by atoms with Crippen LogP contribution in [0.1, 0.15) is 36.0 Å². The molecule has 0 saturated carbocycles. The number of hydrogen-bond donors (Lipinski definition) is 1. The van der Waals surface area contributed by atoms with Crippen LogP contribution in [-0.4, -0.2) is 33.0 Å². The molecule has 194 valence electrons. The summed E-state index contributed by atoms with van der Waals surface area (Å²) < 4.78 is 38.7. The minimum atomic E-state index is -0.469. The summed E-state index contributed by atoms with van der Waals surface area (Å²) in [6, 6.07) is 15.2. The van der Waals surface area contributed by atoms with Crippen LogP contribution in [0, 0.1) is 12.7 Å². The molecule has 10 heteroatoms. The summed E-state index contributed by atoms with van der Waals surface area (Å²) in [7, 11) is 0. The van der Waals surface area contributed by atoms with Gasteiger partial charge in [-0.25, -0.2) is 19.0 Å². The van der Waals surface area contributed by atoms with E-state index in [1.54, 1.807) is 22.9 Å². The van der Waals surface area contributed by atoms with Gasteiger partial charge in [-0.15, -0.1) is 0 Å². The van der Waals surface area contributed by atoms with E-state index in [1.165, 1.54) is 18.5 Å². The number of halogens is 1. The van der Waals surface area contributed by atoms with E-state index in [0.29, 0.717) is 47.6 Å². The Balaban J connectivity index is 1.23. The summed E-state index contributed by atoms with van der Waals surface area (Å²) in [4.78, 5) is 8.68. The SMILES string of the molecule is Cc1ccc(COc2cc(F)cc(Oc3ccc(-n4nc(C5CCOCC5)c5ncnc(N)c54)cc3)c2)o1. The van der Waals surface area contributed by atoms with Crippen LogP contribution in [0.5, 0.6) is 17.2 Å². The molecular weight excluding hydrogens is 489 g/mol. The van der Waals surface area contributed by atoms with Crippen molar-refractivity contribution in [2.75, 3.05) is 18.9 Å². The van der Waals surface area contributed by atoms with Crippen molar-refractivity contribution in [1.29, 1.82) is 0 Å². The van der Waals surface area contributed by atoms with Crippen LogP contribution >= 0.6 is 0 Å². The second-order valence-electron chi connectivity index (χ2n) is 9.16. The molecule has 1 aliphatic heterocycles. The molecule has 1 saturated heterocycles. The topological polar surface area (TPSA) is 110 Å². The van der Waals surface area contributed by atoms with Crippen molar-refractivity contribution < 1.29 is 23.0 Å². The number of rotatable bonds is 7. The number of anilines is 1. The Hall–Kier alpha value is -4.44. The van der Waals surface area contributed by atoms with Crippen LogP contribution < -0.4 is 15.2 Å². The first-order chi connectivity index (χ1) is 18.5. The van der Waals surface area contributed by atoms with Crippen molar-refractivity contribution >= 4 is 16.9 Å². The first-order valence-corrected chi connectivity index (χ1v) is 12.4. The summed E-state index contributed by atoms with van der Waals surface area (Å²) in [6.07, 6.45) is 3.22. The van der Waals surface area contributed by atoms with Gasteiger partial charge in [0.1, 0.15) is 58.6 Å². The smallest absolute Gasteiger partial charge is 0.153 e. The van der Waals surface area contributed by atoms with Crippen molar-refractivity contribution in [3.8, 4) is 22.9 Å².